The number of benzene rings is 1. The van der Waals surface area contributed by atoms with E-state index in [1.807, 2.05) is 5.38 Å². The molecule has 2 rings (SSSR count). The summed E-state index contributed by atoms with van der Waals surface area (Å²) < 4.78 is 27.7. The third kappa shape index (κ3) is 3.55. The van der Waals surface area contributed by atoms with Crippen LogP contribution in [0.4, 0.5) is 14.5 Å². The van der Waals surface area contributed by atoms with Gasteiger partial charge in [0.2, 0.25) is 0 Å². The molecule has 2 aromatic rings. The van der Waals surface area contributed by atoms with Gasteiger partial charge in [0.1, 0.15) is 17.3 Å². The van der Waals surface area contributed by atoms with E-state index in [2.05, 4.69) is 47.0 Å². The number of hydrogen-bond acceptors (Lipinski definition) is 3. The molecule has 0 atom stereocenters. The number of aromatic nitrogens is 1. The highest BCUT2D eigenvalue weighted by Gasteiger charge is 2.18. The second kappa shape index (κ2) is 5.77. The molecule has 0 saturated heterocycles. The maximum Gasteiger partial charge on any atom is 0.150 e. The van der Waals surface area contributed by atoms with Crippen LogP contribution in [-0.4, -0.2) is 4.98 Å². The number of thiazole rings is 1. The monoisotopic (exact) mass is 360 g/mol. The molecule has 0 aliphatic carbocycles. The van der Waals surface area contributed by atoms with Crippen molar-refractivity contribution in [2.24, 2.45) is 0 Å². The SMILES string of the molecule is CC(C)(C)c1nc(CNc2c(F)cc(Br)cc2F)cs1. The Kier molecular flexibility index (Phi) is 4.44. The van der Waals surface area contributed by atoms with Gasteiger partial charge < -0.3 is 5.32 Å². The minimum atomic E-state index is -0.622. The van der Waals surface area contributed by atoms with Gasteiger partial charge >= 0.3 is 0 Å². The van der Waals surface area contributed by atoms with Crippen molar-refractivity contribution in [3.05, 3.63) is 44.3 Å². The molecule has 0 spiro atoms. The van der Waals surface area contributed by atoms with E-state index in [0.717, 1.165) is 10.7 Å². The molecule has 0 radical (unpaired) electrons. The van der Waals surface area contributed by atoms with Gasteiger partial charge in [-0.2, -0.15) is 0 Å². The fourth-order valence-corrected chi connectivity index (χ4v) is 2.93. The van der Waals surface area contributed by atoms with E-state index < -0.39 is 11.6 Å². The Morgan fingerprint density at radius 2 is 1.85 bits per heavy atom. The highest BCUT2D eigenvalue weighted by molar-refractivity contribution is 9.10. The topological polar surface area (TPSA) is 24.9 Å². The Morgan fingerprint density at radius 3 is 2.35 bits per heavy atom. The lowest BCUT2D eigenvalue weighted by molar-refractivity contribution is 0.580. The van der Waals surface area contributed by atoms with Gasteiger partial charge in [-0.25, -0.2) is 13.8 Å². The molecule has 0 bridgehead atoms. The quantitative estimate of drug-likeness (QED) is 0.823. The molecule has 6 heteroatoms. The number of halogens is 3. The fourth-order valence-electron chi connectivity index (χ4n) is 1.62. The number of nitrogens with one attached hydrogen (secondary N) is 1. The van der Waals surface area contributed by atoms with Gasteiger partial charge in [0.15, 0.2) is 0 Å². The second-order valence-electron chi connectivity index (χ2n) is 5.49. The smallest absolute Gasteiger partial charge is 0.150 e. The van der Waals surface area contributed by atoms with Crippen molar-refractivity contribution < 1.29 is 8.78 Å². The van der Waals surface area contributed by atoms with E-state index in [9.17, 15) is 8.78 Å². The van der Waals surface area contributed by atoms with Crippen molar-refractivity contribution >= 4 is 33.0 Å². The first-order chi connectivity index (χ1) is 9.27. The van der Waals surface area contributed by atoms with Crippen LogP contribution in [0, 0.1) is 11.6 Å². The predicted octanol–water partition coefficient (Wildman–Crippen LogP) is 5.09. The lowest BCUT2D eigenvalue weighted by Gasteiger charge is -2.13. The van der Waals surface area contributed by atoms with Crippen LogP contribution in [0.1, 0.15) is 31.5 Å². The Morgan fingerprint density at radius 1 is 1.25 bits per heavy atom. The average Bonchev–Trinajstić information content (AvgIpc) is 2.75. The number of rotatable bonds is 3. The molecule has 108 valence electrons. The molecule has 0 unspecified atom stereocenters. The van der Waals surface area contributed by atoms with Crippen molar-refractivity contribution in [3.8, 4) is 0 Å². The minimum Gasteiger partial charge on any atom is -0.375 e. The molecule has 0 aliphatic rings. The van der Waals surface area contributed by atoms with Crippen molar-refractivity contribution in [3.63, 3.8) is 0 Å². The van der Waals surface area contributed by atoms with Gasteiger partial charge in [-0.3, -0.25) is 0 Å². The summed E-state index contributed by atoms with van der Waals surface area (Å²) in [5.41, 5.74) is 0.636. The molecule has 1 heterocycles. The highest BCUT2D eigenvalue weighted by atomic mass is 79.9. The molecule has 1 aromatic heterocycles. The summed E-state index contributed by atoms with van der Waals surface area (Å²) >= 11 is 4.61. The minimum absolute atomic E-state index is 0.0168. The van der Waals surface area contributed by atoms with Crippen LogP contribution < -0.4 is 5.32 Å². The number of nitrogens with zero attached hydrogens (tertiary/aromatic N) is 1. The normalized spacial score (nSPS) is 11.7. The van der Waals surface area contributed by atoms with Crippen LogP contribution >= 0.6 is 27.3 Å². The van der Waals surface area contributed by atoms with Gasteiger partial charge in [-0.1, -0.05) is 36.7 Å². The summed E-state index contributed by atoms with van der Waals surface area (Å²) in [6.45, 7) is 6.54. The largest absolute Gasteiger partial charge is 0.375 e. The summed E-state index contributed by atoms with van der Waals surface area (Å²) in [6, 6.07) is 2.46. The molecule has 0 saturated carbocycles. The molecular formula is C14H15BrF2N2S. The number of anilines is 1. The van der Waals surface area contributed by atoms with E-state index in [-0.39, 0.29) is 11.1 Å². The Balaban J connectivity index is 2.12. The third-order valence-corrected chi connectivity index (χ3v) is 4.42. The van der Waals surface area contributed by atoms with E-state index in [1.54, 1.807) is 11.3 Å². The predicted molar refractivity (Wildman–Crippen MR) is 82.2 cm³/mol. The highest BCUT2D eigenvalue weighted by Crippen LogP contribution is 2.27. The lowest BCUT2D eigenvalue weighted by Crippen LogP contribution is -2.11. The van der Waals surface area contributed by atoms with Crippen molar-refractivity contribution in [2.75, 3.05) is 5.32 Å². The zero-order chi connectivity index (χ0) is 14.9. The first-order valence-corrected chi connectivity index (χ1v) is 7.78. The fraction of sp³-hybridized carbons (Fsp3) is 0.357. The molecule has 0 fully saturated rings. The zero-order valence-electron chi connectivity index (χ0n) is 11.4. The molecule has 1 N–H and O–H groups in total. The van der Waals surface area contributed by atoms with E-state index >= 15 is 0 Å². The second-order valence-corrected chi connectivity index (χ2v) is 7.27. The van der Waals surface area contributed by atoms with E-state index in [1.165, 1.54) is 12.1 Å². The van der Waals surface area contributed by atoms with Gasteiger partial charge in [-0.15, -0.1) is 11.3 Å². The summed E-state index contributed by atoms with van der Waals surface area (Å²) in [7, 11) is 0. The summed E-state index contributed by atoms with van der Waals surface area (Å²) in [6.07, 6.45) is 0. The van der Waals surface area contributed by atoms with Crippen LogP contribution in [0.25, 0.3) is 0 Å². The molecular weight excluding hydrogens is 346 g/mol. The maximum atomic E-state index is 13.7. The lowest BCUT2D eigenvalue weighted by atomic mass is 9.98. The van der Waals surface area contributed by atoms with Crippen molar-refractivity contribution in [1.29, 1.82) is 0 Å². The van der Waals surface area contributed by atoms with Crippen LogP contribution in [0.2, 0.25) is 0 Å². The van der Waals surface area contributed by atoms with Gasteiger partial charge in [0.05, 0.1) is 17.2 Å². The zero-order valence-corrected chi connectivity index (χ0v) is 13.8. The van der Waals surface area contributed by atoms with E-state index in [4.69, 9.17) is 0 Å². The van der Waals surface area contributed by atoms with Crippen LogP contribution in [0.15, 0.2) is 22.0 Å². The first-order valence-electron chi connectivity index (χ1n) is 6.10. The van der Waals surface area contributed by atoms with Gasteiger partial charge in [0.25, 0.3) is 0 Å². The summed E-state index contributed by atoms with van der Waals surface area (Å²) in [5.74, 6) is -1.24. The van der Waals surface area contributed by atoms with Crippen LogP contribution in [0.5, 0.6) is 0 Å². The Labute approximate surface area is 129 Å². The van der Waals surface area contributed by atoms with E-state index in [0.29, 0.717) is 11.0 Å². The average molecular weight is 361 g/mol. The van der Waals surface area contributed by atoms with Crippen molar-refractivity contribution in [2.45, 2.75) is 32.7 Å². The van der Waals surface area contributed by atoms with Gasteiger partial charge in [-0.05, 0) is 12.1 Å². The molecule has 1 aromatic carbocycles. The van der Waals surface area contributed by atoms with Crippen LogP contribution in [-0.2, 0) is 12.0 Å². The standard InChI is InChI=1S/C14H15BrF2N2S/c1-14(2,3)13-19-9(7-20-13)6-18-12-10(16)4-8(15)5-11(12)17/h4-5,7,18H,6H2,1-3H3. The third-order valence-electron chi connectivity index (χ3n) is 2.65. The molecule has 0 amide bonds. The first kappa shape index (κ1) is 15.4. The molecule has 0 aliphatic heterocycles. The Bertz CT molecular complexity index is 597. The molecule has 2 nitrogen and oxygen atoms in total. The maximum absolute atomic E-state index is 13.7. The summed E-state index contributed by atoms with van der Waals surface area (Å²) in [5, 5.41) is 5.67. The van der Waals surface area contributed by atoms with Crippen LogP contribution in [0.3, 0.4) is 0 Å². The summed E-state index contributed by atoms with van der Waals surface area (Å²) in [4.78, 5) is 4.48. The Hall–Kier alpha value is -1.01. The molecule has 20 heavy (non-hydrogen) atoms. The number of hydrogen-bond donors (Lipinski definition) is 1. The van der Waals surface area contributed by atoms with Crippen molar-refractivity contribution in [1.82, 2.24) is 4.98 Å². The van der Waals surface area contributed by atoms with Gasteiger partial charge in [0, 0.05) is 15.3 Å².